The van der Waals surface area contributed by atoms with Crippen molar-refractivity contribution in [2.45, 2.75) is 13.8 Å². The molecule has 10 rings (SSSR count). The van der Waals surface area contributed by atoms with Crippen LogP contribution < -0.4 is 9.64 Å². The number of rotatable bonds is 5. The molecule has 2 heteroatoms. The molecule has 9 aromatic carbocycles. The van der Waals surface area contributed by atoms with Crippen molar-refractivity contribution in [1.29, 1.82) is 0 Å². The van der Waals surface area contributed by atoms with E-state index >= 15 is 0 Å². The lowest BCUT2D eigenvalue weighted by Crippen LogP contribution is -2.13. The first-order valence-electron chi connectivity index (χ1n) is 19.9. The highest BCUT2D eigenvalue weighted by atomic mass is 16.5. The molecule has 276 valence electrons. The molecule has 0 aromatic heterocycles. The van der Waals surface area contributed by atoms with E-state index in [4.69, 9.17) is 4.74 Å². The maximum atomic E-state index is 7.27. The Bertz CT molecular complexity index is 2750. The number of benzene rings is 9. The molecule has 0 saturated carbocycles. The first-order chi connectivity index (χ1) is 28.6. The van der Waals surface area contributed by atoms with E-state index < -0.39 is 0 Å². The van der Waals surface area contributed by atoms with Crippen LogP contribution in [0.15, 0.2) is 212 Å². The fourth-order valence-corrected chi connectivity index (χ4v) is 8.40. The van der Waals surface area contributed by atoms with Crippen molar-refractivity contribution in [2.75, 3.05) is 4.90 Å². The van der Waals surface area contributed by atoms with E-state index in [2.05, 4.69) is 231 Å². The monoisotopic (exact) mass is 743 g/mol. The van der Waals surface area contributed by atoms with Gasteiger partial charge in [0.05, 0.1) is 11.4 Å². The highest BCUT2D eigenvalue weighted by molar-refractivity contribution is 5.99. The van der Waals surface area contributed by atoms with Gasteiger partial charge < -0.3 is 9.64 Å². The van der Waals surface area contributed by atoms with Gasteiger partial charge in [-0.3, -0.25) is 0 Å². The largest absolute Gasteiger partial charge is 0.456 e. The average molecular weight is 744 g/mol. The van der Waals surface area contributed by atoms with Gasteiger partial charge >= 0.3 is 0 Å². The van der Waals surface area contributed by atoms with E-state index in [9.17, 15) is 0 Å². The summed E-state index contributed by atoms with van der Waals surface area (Å²) in [6.45, 7) is 4.37. The lowest BCUT2D eigenvalue weighted by Gasteiger charge is -2.32. The van der Waals surface area contributed by atoms with Crippen LogP contribution in [-0.2, 0) is 0 Å². The number of aryl methyl sites for hydroxylation is 2. The minimum Gasteiger partial charge on any atom is -0.456 e. The van der Waals surface area contributed by atoms with Gasteiger partial charge in [-0.25, -0.2) is 0 Å². The van der Waals surface area contributed by atoms with Gasteiger partial charge in [-0.1, -0.05) is 152 Å². The summed E-state index contributed by atoms with van der Waals surface area (Å²) >= 11 is 0. The molecule has 0 unspecified atom stereocenters. The molecule has 0 fully saturated rings. The molecule has 58 heavy (non-hydrogen) atoms. The predicted molar refractivity (Wildman–Crippen MR) is 243 cm³/mol. The van der Waals surface area contributed by atoms with Crippen molar-refractivity contribution in [3.8, 4) is 78.3 Å². The molecule has 0 amide bonds. The zero-order chi connectivity index (χ0) is 39.0. The Kier molecular flexibility index (Phi) is 9.01. The molecule has 0 radical (unpaired) electrons. The standard InChI is InChI=1S/C56H41NO/c1-38-16-12-14-24-47(38)44-26-30-53-49(36-44)51-34-42(40-18-6-3-7-19-40)28-32-55(51)58-56-33-29-43(41-20-8-4-9-21-41)35-52(56)50-37-45(48-25-15-13-17-39(48)2)27-31-54(50)57(53)46-22-10-5-11-23-46/h3-37H,1-2H3. The molecule has 0 atom stereocenters. The van der Waals surface area contributed by atoms with Crippen LogP contribution in [0.1, 0.15) is 11.1 Å². The summed E-state index contributed by atoms with van der Waals surface area (Å²) < 4.78 is 7.27. The second-order valence-electron chi connectivity index (χ2n) is 15.0. The third-order valence-corrected chi connectivity index (χ3v) is 11.4. The highest BCUT2D eigenvalue weighted by Gasteiger charge is 2.27. The minimum absolute atomic E-state index is 0.795. The smallest absolute Gasteiger partial charge is 0.135 e. The minimum atomic E-state index is 0.795. The van der Waals surface area contributed by atoms with Crippen molar-refractivity contribution in [3.05, 3.63) is 223 Å². The molecule has 0 aliphatic carbocycles. The van der Waals surface area contributed by atoms with Crippen molar-refractivity contribution in [3.63, 3.8) is 0 Å². The molecule has 0 spiro atoms. The topological polar surface area (TPSA) is 12.5 Å². The van der Waals surface area contributed by atoms with Crippen LogP contribution in [0.4, 0.5) is 17.1 Å². The van der Waals surface area contributed by atoms with E-state index in [1.807, 2.05) is 0 Å². The SMILES string of the molecule is Cc1ccccc1-c1ccc2c(c1)-c1cc(-c3ccccc3)ccc1Oc1ccc(-c3ccccc3)cc1-c1cc(-c3ccccc3C)ccc1N2c1ccccc1. The number of para-hydroxylation sites is 1. The Hall–Kier alpha value is -7.42. The summed E-state index contributed by atoms with van der Waals surface area (Å²) in [7, 11) is 0. The van der Waals surface area contributed by atoms with E-state index in [1.165, 1.54) is 22.3 Å². The molecule has 2 nitrogen and oxygen atoms in total. The summed E-state index contributed by atoms with van der Waals surface area (Å²) in [4.78, 5) is 2.44. The number of ether oxygens (including phenoxy) is 1. The molecule has 0 saturated heterocycles. The Morgan fingerprint density at radius 3 is 1.12 bits per heavy atom. The molecule has 9 aromatic rings. The molecule has 0 N–H and O–H groups in total. The van der Waals surface area contributed by atoms with E-state index in [-0.39, 0.29) is 0 Å². The van der Waals surface area contributed by atoms with Crippen LogP contribution in [0.5, 0.6) is 11.5 Å². The predicted octanol–water partition coefficient (Wildman–Crippen LogP) is 15.9. The van der Waals surface area contributed by atoms with Gasteiger partial charge in [0.25, 0.3) is 0 Å². The van der Waals surface area contributed by atoms with Crippen LogP contribution in [0.3, 0.4) is 0 Å². The van der Waals surface area contributed by atoms with Gasteiger partial charge in [0.2, 0.25) is 0 Å². The first kappa shape index (κ1) is 35.0. The second-order valence-corrected chi connectivity index (χ2v) is 15.0. The number of hydrogen-bond donors (Lipinski definition) is 0. The fraction of sp³-hybridized carbons (Fsp3) is 0.0357. The molecule has 1 heterocycles. The van der Waals surface area contributed by atoms with Gasteiger partial charge in [-0.05, 0) is 130 Å². The normalized spacial score (nSPS) is 11.7. The van der Waals surface area contributed by atoms with Crippen LogP contribution in [0.25, 0.3) is 66.8 Å². The quantitative estimate of drug-likeness (QED) is 0.174. The van der Waals surface area contributed by atoms with Gasteiger partial charge in [0.15, 0.2) is 0 Å². The lowest BCUT2D eigenvalue weighted by molar-refractivity contribution is 0.486. The van der Waals surface area contributed by atoms with Crippen molar-refractivity contribution in [2.24, 2.45) is 0 Å². The fourth-order valence-electron chi connectivity index (χ4n) is 8.40. The lowest BCUT2D eigenvalue weighted by atomic mass is 9.89. The Labute approximate surface area is 340 Å². The third kappa shape index (κ3) is 6.45. The van der Waals surface area contributed by atoms with Gasteiger partial charge in [0, 0.05) is 27.9 Å². The zero-order valence-electron chi connectivity index (χ0n) is 32.6. The first-order valence-corrected chi connectivity index (χ1v) is 19.9. The number of hydrogen-bond acceptors (Lipinski definition) is 2. The summed E-state index contributed by atoms with van der Waals surface area (Å²) in [6, 6.07) is 76.4. The molecular weight excluding hydrogens is 703 g/mol. The summed E-state index contributed by atoms with van der Waals surface area (Å²) in [5.41, 5.74) is 19.1. The second kappa shape index (κ2) is 14.9. The van der Waals surface area contributed by atoms with E-state index in [0.29, 0.717) is 0 Å². The van der Waals surface area contributed by atoms with Crippen molar-refractivity contribution >= 4 is 17.1 Å². The molecular formula is C56H41NO. The molecule has 1 aliphatic rings. The van der Waals surface area contributed by atoms with Gasteiger partial charge in [-0.15, -0.1) is 0 Å². The summed E-state index contributed by atoms with van der Waals surface area (Å²) in [6.07, 6.45) is 0. The van der Waals surface area contributed by atoms with Crippen molar-refractivity contribution in [1.82, 2.24) is 0 Å². The average Bonchev–Trinajstić information content (AvgIpc) is 3.28. The summed E-state index contributed by atoms with van der Waals surface area (Å²) in [5, 5.41) is 0. The maximum Gasteiger partial charge on any atom is 0.135 e. The Morgan fingerprint density at radius 2 is 0.672 bits per heavy atom. The molecule has 0 bridgehead atoms. The highest BCUT2D eigenvalue weighted by Crippen LogP contribution is 2.53. The van der Waals surface area contributed by atoms with E-state index in [1.54, 1.807) is 0 Å². The van der Waals surface area contributed by atoms with Crippen LogP contribution in [0, 0.1) is 13.8 Å². The van der Waals surface area contributed by atoms with Crippen LogP contribution >= 0.6 is 0 Å². The van der Waals surface area contributed by atoms with E-state index in [0.717, 1.165) is 84.2 Å². The van der Waals surface area contributed by atoms with Gasteiger partial charge in [0.1, 0.15) is 11.5 Å². The number of anilines is 3. The Balaban J connectivity index is 1.32. The van der Waals surface area contributed by atoms with Crippen molar-refractivity contribution < 1.29 is 4.74 Å². The number of fused-ring (bicyclic) bond motifs is 6. The Morgan fingerprint density at radius 1 is 0.293 bits per heavy atom. The summed E-state index contributed by atoms with van der Waals surface area (Å²) in [5.74, 6) is 1.59. The third-order valence-electron chi connectivity index (χ3n) is 11.4. The van der Waals surface area contributed by atoms with Crippen LogP contribution in [-0.4, -0.2) is 0 Å². The van der Waals surface area contributed by atoms with Crippen LogP contribution in [0.2, 0.25) is 0 Å². The zero-order valence-corrected chi connectivity index (χ0v) is 32.6. The molecule has 1 aliphatic heterocycles. The van der Waals surface area contributed by atoms with Gasteiger partial charge in [-0.2, -0.15) is 0 Å². The maximum absolute atomic E-state index is 7.27. The number of nitrogens with zero attached hydrogens (tertiary/aromatic N) is 1.